The highest BCUT2D eigenvalue weighted by atomic mass is 127. The molecule has 6 fully saturated rings. The van der Waals surface area contributed by atoms with E-state index in [-0.39, 0.29) is 40.7 Å². The van der Waals surface area contributed by atoms with Crippen LogP contribution in [0.15, 0.2) is 81.7 Å². The third-order valence-electron chi connectivity index (χ3n) is 17.0. The van der Waals surface area contributed by atoms with Gasteiger partial charge in [-0.25, -0.2) is 0 Å². The Kier molecular flexibility index (Phi) is 28.8. The standard InChI is InChI=1S/C20H33BN2O3.C14H21BrN2O.C12H24B2O4.C8H18N2O.C6H4BrI/c1-19(2)20(3,4)26-21(25-19)17-7-9-18(10-8-17)23-14-12-22(13-15-23)11-6-16-24-5;1-18-12-2-7-16-8-10-17(11-9-16)14-5-3-13(15)4-6-14;1-9(2)10(3,4)16-13(15-9)14-17-11(5,6)12(7,8)18-14;1-11-8-2-5-10-6-3-9-4-7-10;7-5-1-3-6(8)4-2-5/h7-10H,6,11-16H2,1-5H3;3-6H,2,7-12H2,1H3;1-8H3;9H,2-8H2,1H3;1-4H. The van der Waals surface area contributed by atoms with Crippen LogP contribution in [0.4, 0.5) is 11.4 Å². The van der Waals surface area contributed by atoms with Gasteiger partial charge in [-0.2, -0.15) is 0 Å². The highest BCUT2D eigenvalue weighted by molar-refractivity contribution is 14.1. The second-order valence-corrected chi connectivity index (χ2v) is 27.7. The van der Waals surface area contributed by atoms with E-state index in [1.54, 1.807) is 21.3 Å². The summed E-state index contributed by atoms with van der Waals surface area (Å²) in [5.41, 5.74) is 1.66. The molecule has 3 aromatic carbocycles. The lowest BCUT2D eigenvalue weighted by Gasteiger charge is -2.36. The molecule has 15 nitrogen and oxygen atoms in total. The van der Waals surface area contributed by atoms with Gasteiger partial charge in [-0.05, 0) is 191 Å². The molecule has 0 unspecified atom stereocenters. The van der Waals surface area contributed by atoms with E-state index in [4.69, 9.17) is 42.1 Å². The Hall–Kier alpha value is -1.38. The van der Waals surface area contributed by atoms with E-state index >= 15 is 0 Å². The number of piperazine rings is 3. The molecule has 0 aliphatic carbocycles. The molecule has 0 aromatic heterocycles. The molecule has 0 amide bonds. The normalized spacial score (nSPS) is 21.9. The van der Waals surface area contributed by atoms with Crippen molar-refractivity contribution >= 4 is 92.4 Å². The fourth-order valence-corrected chi connectivity index (χ4v) is 10.5. The number of halogens is 3. The fourth-order valence-electron chi connectivity index (χ4n) is 9.59. The van der Waals surface area contributed by atoms with Gasteiger partial charge in [0.2, 0.25) is 0 Å². The van der Waals surface area contributed by atoms with Crippen molar-refractivity contribution < 1.29 is 42.1 Å². The van der Waals surface area contributed by atoms with Crippen LogP contribution in [0.3, 0.4) is 0 Å². The molecule has 0 atom stereocenters. The molecule has 0 spiro atoms. The summed E-state index contributed by atoms with van der Waals surface area (Å²) in [4.78, 5) is 12.4. The van der Waals surface area contributed by atoms with Gasteiger partial charge in [0.15, 0.2) is 0 Å². The van der Waals surface area contributed by atoms with Crippen molar-refractivity contribution in [3.8, 4) is 0 Å². The van der Waals surface area contributed by atoms with Gasteiger partial charge in [0.05, 0.1) is 33.6 Å². The van der Waals surface area contributed by atoms with E-state index in [2.05, 4.69) is 173 Å². The maximum absolute atomic E-state index is 6.14. The zero-order chi connectivity index (χ0) is 59.5. The van der Waals surface area contributed by atoms with Gasteiger partial charge >= 0.3 is 21.1 Å². The summed E-state index contributed by atoms with van der Waals surface area (Å²) < 4.78 is 54.9. The third kappa shape index (κ3) is 22.1. The molecular weight excluding hydrogens is 1270 g/mol. The van der Waals surface area contributed by atoms with Gasteiger partial charge in [0.25, 0.3) is 0 Å². The highest BCUT2D eigenvalue weighted by Gasteiger charge is 2.63. The molecule has 0 saturated carbocycles. The maximum atomic E-state index is 6.14. The Morgan fingerprint density at radius 1 is 0.432 bits per heavy atom. The van der Waals surface area contributed by atoms with Crippen LogP contribution in [-0.4, -0.2) is 209 Å². The predicted octanol–water partition coefficient (Wildman–Crippen LogP) is 9.98. The number of nitrogens with one attached hydrogen (secondary N) is 1. The summed E-state index contributed by atoms with van der Waals surface area (Å²) >= 11 is 9.09. The molecule has 21 heteroatoms. The van der Waals surface area contributed by atoms with Crippen LogP contribution in [0.2, 0.25) is 0 Å². The Labute approximate surface area is 521 Å². The van der Waals surface area contributed by atoms with Gasteiger partial charge in [0, 0.05) is 163 Å². The molecule has 6 aliphatic heterocycles. The van der Waals surface area contributed by atoms with Crippen molar-refractivity contribution in [2.75, 3.05) is 149 Å². The zero-order valence-electron chi connectivity index (χ0n) is 52.1. The minimum Gasteiger partial charge on any atom is -0.405 e. The molecule has 454 valence electrons. The van der Waals surface area contributed by atoms with Gasteiger partial charge < -0.3 is 62.2 Å². The van der Waals surface area contributed by atoms with E-state index in [0.717, 1.165) is 132 Å². The Morgan fingerprint density at radius 2 is 0.728 bits per heavy atom. The third-order valence-corrected chi connectivity index (χ3v) is 18.7. The van der Waals surface area contributed by atoms with Crippen LogP contribution in [0.5, 0.6) is 0 Å². The quantitative estimate of drug-likeness (QED) is 0.0834. The van der Waals surface area contributed by atoms with Crippen molar-refractivity contribution in [2.24, 2.45) is 0 Å². The van der Waals surface area contributed by atoms with Crippen LogP contribution in [0, 0.1) is 3.57 Å². The summed E-state index contributed by atoms with van der Waals surface area (Å²) in [7, 11) is 4.06. The van der Waals surface area contributed by atoms with E-state index in [1.165, 1.54) is 34.6 Å². The van der Waals surface area contributed by atoms with Gasteiger partial charge in [-0.15, -0.1) is 0 Å². The molecule has 3 aromatic rings. The van der Waals surface area contributed by atoms with Crippen molar-refractivity contribution in [3.05, 3.63) is 85.3 Å². The SMILES string of the molecule is Brc1ccc(I)cc1.CC1(C)OB(B2OC(C)(C)C(C)(C)O2)OC1(C)C.COCCCN1CCN(c2ccc(B3OC(C)(C)C(C)(C)O3)cc2)CC1.COCCCN1CCN(c2ccc(Br)cc2)CC1.COCCCN1CCNCC1. The number of ether oxygens (including phenoxy) is 3. The zero-order valence-corrected chi connectivity index (χ0v) is 57.4. The summed E-state index contributed by atoms with van der Waals surface area (Å²) in [5.74, 6) is 0. The van der Waals surface area contributed by atoms with Crippen LogP contribution in [0.1, 0.15) is 102 Å². The topological polar surface area (TPSA) is 111 Å². The molecule has 6 aliphatic rings. The van der Waals surface area contributed by atoms with Crippen molar-refractivity contribution in [1.82, 2.24) is 20.0 Å². The highest BCUT2D eigenvalue weighted by Crippen LogP contribution is 2.43. The predicted molar refractivity (Wildman–Crippen MR) is 351 cm³/mol. The lowest BCUT2D eigenvalue weighted by molar-refractivity contribution is 0.00578. The van der Waals surface area contributed by atoms with Gasteiger partial charge in [-0.1, -0.05) is 44.0 Å². The average molecular weight is 1370 g/mol. The molecule has 0 bridgehead atoms. The first-order valence-electron chi connectivity index (χ1n) is 29.4. The lowest BCUT2D eigenvalue weighted by atomic mass is 9.49. The minimum absolute atomic E-state index is 0.285. The van der Waals surface area contributed by atoms with Crippen LogP contribution in [-0.2, 0) is 42.1 Å². The minimum atomic E-state index is -0.476. The number of anilines is 2. The van der Waals surface area contributed by atoms with Crippen molar-refractivity contribution in [1.29, 1.82) is 0 Å². The van der Waals surface area contributed by atoms with Crippen LogP contribution in [0.25, 0.3) is 0 Å². The van der Waals surface area contributed by atoms with Crippen molar-refractivity contribution in [3.63, 3.8) is 0 Å². The smallest absolute Gasteiger partial charge is 0.405 e. The fraction of sp³-hybridized carbons (Fsp3) is 0.700. The average Bonchev–Trinajstić information content (AvgIpc) is 4.17. The molecule has 9 rings (SSSR count). The number of benzene rings is 3. The number of hydrogen-bond donors (Lipinski definition) is 1. The van der Waals surface area contributed by atoms with E-state index in [9.17, 15) is 0 Å². The summed E-state index contributed by atoms with van der Waals surface area (Å²) in [5, 5.41) is 3.33. The molecular formula is C60H100B3Br2IN6O9. The number of rotatable bonds is 16. The lowest BCUT2D eigenvalue weighted by Crippen LogP contribution is -2.46. The second kappa shape index (κ2) is 33.1. The van der Waals surface area contributed by atoms with Gasteiger partial charge in [-0.3, -0.25) is 9.80 Å². The number of hydrogen-bond acceptors (Lipinski definition) is 15. The number of methoxy groups -OCH3 is 3. The number of nitrogens with zero attached hydrogens (tertiary/aromatic N) is 5. The summed E-state index contributed by atoms with van der Waals surface area (Å²) in [6.07, 6.45) is 3.41. The van der Waals surface area contributed by atoms with Crippen LogP contribution >= 0.6 is 54.5 Å². The van der Waals surface area contributed by atoms with E-state index in [1.807, 2.05) is 67.5 Å². The molecule has 0 radical (unpaired) electrons. The first-order chi connectivity index (χ1) is 38.2. The molecule has 1 N–H and O–H groups in total. The Balaban J connectivity index is 0.000000195. The molecule has 6 saturated heterocycles. The first kappa shape index (κ1) is 70.4. The summed E-state index contributed by atoms with van der Waals surface area (Å²) in [6.45, 7) is 44.3. The van der Waals surface area contributed by atoms with Crippen LogP contribution < -0.4 is 20.6 Å². The van der Waals surface area contributed by atoms with Gasteiger partial charge in [0.1, 0.15) is 0 Å². The van der Waals surface area contributed by atoms with E-state index < -0.39 is 14.0 Å². The Morgan fingerprint density at radius 3 is 1.05 bits per heavy atom. The molecule has 81 heavy (non-hydrogen) atoms. The monoisotopic (exact) mass is 1370 g/mol. The van der Waals surface area contributed by atoms with Crippen molar-refractivity contribution in [2.45, 2.75) is 136 Å². The summed E-state index contributed by atoms with van der Waals surface area (Å²) in [6, 6.07) is 25.4. The Bertz CT molecular complexity index is 2140. The maximum Gasteiger partial charge on any atom is 0.494 e. The second-order valence-electron chi connectivity index (χ2n) is 24.6. The van der Waals surface area contributed by atoms with E-state index in [0.29, 0.717) is 0 Å². The molecule has 6 heterocycles. The largest absolute Gasteiger partial charge is 0.494 e. The first-order valence-corrected chi connectivity index (χ1v) is 32.1.